The van der Waals surface area contributed by atoms with Crippen LogP contribution in [0.2, 0.25) is 0 Å². The van der Waals surface area contributed by atoms with Gasteiger partial charge in [-0.15, -0.1) is 0 Å². The van der Waals surface area contributed by atoms with Gasteiger partial charge in [0.15, 0.2) is 12.8 Å². The van der Waals surface area contributed by atoms with Gasteiger partial charge >= 0.3 is 0 Å². The van der Waals surface area contributed by atoms with E-state index in [0.717, 1.165) is 16.0 Å². The Labute approximate surface area is 58.3 Å². The first-order valence-electron chi connectivity index (χ1n) is 3.09. The molecule has 2 rings (SSSR count). The highest BCUT2D eigenvalue weighted by molar-refractivity contribution is 6.09. The molecule has 0 spiro atoms. The number of rotatable bonds is 0. The van der Waals surface area contributed by atoms with Crippen LogP contribution < -0.4 is 0 Å². The predicted molar refractivity (Wildman–Crippen MR) is 39.2 cm³/mol. The molecule has 2 aliphatic heterocycles. The molecule has 0 unspecified atom stereocenters. The van der Waals surface area contributed by atoms with E-state index in [2.05, 4.69) is 4.99 Å². The Morgan fingerprint density at radius 3 is 3.40 bits per heavy atom. The maximum Gasteiger partial charge on any atom is 0.196 e. The second-order valence-electron chi connectivity index (χ2n) is 2.24. The van der Waals surface area contributed by atoms with Crippen LogP contribution in [-0.4, -0.2) is 23.2 Å². The lowest BCUT2D eigenvalue weighted by Gasteiger charge is -2.07. The summed E-state index contributed by atoms with van der Waals surface area (Å²) < 4.78 is 0.870. The van der Waals surface area contributed by atoms with Crippen molar-refractivity contribution in [2.24, 2.45) is 4.99 Å². The average Bonchev–Trinajstić information content (AvgIpc) is 2.33. The Morgan fingerprint density at radius 1 is 1.60 bits per heavy atom. The topological polar surface area (TPSA) is 38.4 Å². The average molecular weight is 134 g/mol. The van der Waals surface area contributed by atoms with Crippen LogP contribution in [0.1, 0.15) is 0 Å². The van der Waals surface area contributed by atoms with Gasteiger partial charge in [-0.2, -0.15) is 0 Å². The molecule has 10 heavy (non-hydrogen) atoms. The molecule has 0 atom stereocenters. The fraction of sp³-hybridized carbons (Fsp3) is 0.143. The van der Waals surface area contributed by atoms with Gasteiger partial charge in [0.25, 0.3) is 0 Å². The highest BCUT2D eigenvalue weighted by atomic mass is 16.5. The third kappa shape index (κ3) is 0.673. The van der Waals surface area contributed by atoms with Gasteiger partial charge in [-0.3, -0.25) is 4.99 Å². The first kappa shape index (κ1) is 5.41. The van der Waals surface area contributed by atoms with Crippen LogP contribution in [0, 0.1) is 5.21 Å². The van der Waals surface area contributed by atoms with E-state index in [4.69, 9.17) is 0 Å². The first-order chi connectivity index (χ1) is 4.86. The Hall–Kier alpha value is -1.38. The van der Waals surface area contributed by atoms with Gasteiger partial charge in [0.2, 0.25) is 0 Å². The van der Waals surface area contributed by atoms with E-state index in [1.54, 1.807) is 12.3 Å². The van der Waals surface area contributed by atoms with Crippen LogP contribution in [0.5, 0.6) is 0 Å². The van der Waals surface area contributed by atoms with Gasteiger partial charge in [-0.1, -0.05) is 0 Å². The third-order valence-electron chi connectivity index (χ3n) is 1.54. The second-order valence-corrected chi connectivity index (χ2v) is 2.24. The number of fused-ring (bicyclic) bond motifs is 1. The number of hydroxylamine groups is 1. The molecule has 0 radical (unpaired) electrons. The first-order valence-corrected chi connectivity index (χ1v) is 3.09. The normalized spacial score (nSPS) is 21.4. The van der Waals surface area contributed by atoms with E-state index >= 15 is 0 Å². The highest BCUT2D eigenvalue weighted by Crippen LogP contribution is 2.10. The monoisotopic (exact) mass is 134 g/mol. The molecular formula is C7H6N2O. The van der Waals surface area contributed by atoms with Crippen molar-refractivity contribution in [3.8, 4) is 0 Å². The summed E-state index contributed by atoms with van der Waals surface area (Å²) >= 11 is 0. The molecule has 0 saturated carbocycles. The molecule has 0 aromatic carbocycles. The van der Waals surface area contributed by atoms with Crippen molar-refractivity contribution in [1.82, 2.24) is 0 Å². The molecule has 0 amide bonds. The van der Waals surface area contributed by atoms with E-state index < -0.39 is 0 Å². The zero-order valence-corrected chi connectivity index (χ0v) is 5.32. The lowest BCUT2D eigenvalue weighted by molar-refractivity contribution is -0.435. The summed E-state index contributed by atoms with van der Waals surface area (Å²) in [5.74, 6) is 0. The van der Waals surface area contributed by atoms with Crippen molar-refractivity contribution in [3.63, 3.8) is 0 Å². The van der Waals surface area contributed by atoms with Crippen molar-refractivity contribution >= 4 is 11.9 Å². The standard InChI is InChI=1S/C7H6N2O/c10-9-4-2-6-1-3-8-7(6)5-9/h1-4H,5H2. The number of hydrogen-bond donors (Lipinski definition) is 0. The lowest BCUT2D eigenvalue weighted by atomic mass is 10.1. The molecule has 0 aromatic rings. The van der Waals surface area contributed by atoms with Crippen molar-refractivity contribution < 1.29 is 4.74 Å². The minimum absolute atomic E-state index is 0.388. The summed E-state index contributed by atoms with van der Waals surface area (Å²) in [6, 6.07) is 0. The number of allylic oxidation sites excluding steroid dienone is 2. The zero-order valence-electron chi connectivity index (χ0n) is 5.32. The van der Waals surface area contributed by atoms with Crippen molar-refractivity contribution in [2.75, 3.05) is 6.54 Å². The van der Waals surface area contributed by atoms with Gasteiger partial charge in [0.1, 0.15) is 5.71 Å². The number of nitrogens with zero attached hydrogens (tertiary/aromatic N) is 2. The predicted octanol–water partition coefficient (Wildman–Crippen LogP) is 0.476. The minimum Gasteiger partial charge on any atom is -0.623 e. The van der Waals surface area contributed by atoms with Crippen molar-refractivity contribution in [3.05, 3.63) is 29.1 Å². The molecule has 0 aromatic heterocycles. The van der Waals surface area contributed by atoms with E-state index in [9.17, 15) is 5.21 Å². The van der Waals surface area contributed by atoms with Gasteiger partial charge in [-0.05, 0) is 6.08 Å². The summed E-state index contributed by atoms with van der Waals surface area (Å²) in [7, 11) is 0. The van der Waals surface area contributed by atoms with Gasteiger partial charge < -0.3 is 5.21 Å². The van der Waals surface area contributed by atoms with Crippen LogP contribution in [0.4, 0.5) is 0 Å². The molecule has 3 heteroatoms. The summed E-state index contributed by atoms with van der Waals surface area (Å²) in [6.07, 6.45) is 6.91. The van der Waals surface area contributed by atoms with E-state index in [-0.39, 0.29) is 0 Å². The summed E-state index contributed by atoms with van der Waals surface area (Å²) in [5.41, 5.74) is 1.93. The maximum atomic E-state index is 10.7. The summed E-state index contributed by atoms with van der Waals surface area (Å²) in [6.45, 7) is 0.388. The molecular weight excluding hydrogens is 128 g/mol. The minimum atomic E-state index is 0.388. The summed E-state index contributed by atoms with van der Waals surface area (Å²) in [4.78, 5) is 4.01. The molecule has 0 bridgehead atoms. The molecule has 50 valence electrons. The summed E-state index contributed by atoms with van der Waals surface area (Å²) in [5, 5.41) is 10.7. The van der Waals surface area contributed by atoms with Gasteiger partial charge in [0.05, 0.1) is 0 Å². The molecule has 0 saturated heterocycles. The largest absolute Gasteiger partial charge is 0.623 e. The van der Waals surface area contributed by atoms with E-state index in [1.165, 1.54) is 6.21 Å². The van der Waals surface area contributed by atoms with Crippen molar-refractivity contribution in [1.29, 1.82) is 0 Å². The molecule has 0 fully saturated rings. The smallest absolute Gasteiger partial charge is 0.196 e. The molecule has 2 heterocycles. The Kier molecular flexibility index (Phi) is 0.974. The quantitative estimate of drug-likeness (QED) is 0.350. The molecule has 0 N–H and O–H groups in total. The Bertz CT molecular complexity index is 284. The van der Waals surface area contributed by atoms with Crippen LogP contribution in [0.25, 0.3) is 0 Å². The van der Waals surface area contributed by atoms with Crippen LogP contribution in [0.3, 0.4) is 0 Å². The van der Waals surface area contributed by atoms with E-state index in [1.807, 2.05) is 6.08 Å². The number of hydrogen-bond acceptors (Lipinski definition) is 2. The van der Waals surface area contributed by atoms with E-state index in [0.29, 0.717) is 6.54 Å². The van der Waals surface area contributed by atoms with Crippen LogP contribution >= 0.6 is 0 Å². The lowest BCUT2D eigenvalue weighted by Crippen LogP contribution is -2.20. The Balaban J connectivity index is 2.42. The van der Waals surface area contributed by atoms with Gasteiger partial charge in [0, 0.05) is 17.8 Å². The van der Waals surface area contributed by atoms with Crippen molar-refractivity contribution in [2.45, 2.75) is 0 Å². The maximum absolute atomic E-state index is 10.7. The SMILES string of the molecule is [O-][N+]1=CC=C2C=CN=C2C1. The Morgan fingerprint density at radius 2 is 2.50 bits per heavy atom. The fourth-order valence-corrected chi connectivity index (χ4v) is 1.03. The highest BCUT2D eigenvalue weighted by Gasteiger charge is 2.15. The molecule has 2 aliphatic rings. The molecule has 0 aliphatic carbocycles. The second kappa shape index (κ2) is 1.80. The van der Waals surface area contributed by atoms with Gasteiger partial charge in [-0.25, -0.2) is 4.74 Å². The zero-order chi connectivity index (χ0) is 6.97. The fourth-order valence-electron chi connectivity index (χ4n) is 1.03. The van der Waals surface area contributed by atoms with Crippen LogP contribution in [-0.2, 0) is 0 Å². The molecule has 3 nitrogen and oxygen atoms in total. The third-order valence-corrected chi connectivity index (χ3v) is 1.54. The van der Waals surface area contributed by atoms with Crippen LogP contribution in [0.15, 0.2) is 28.9 Å². The number of aliphatic imine (C=N–C) groups is 1.